The van der Waals surface area contributed by atoms with Crippen molar-refractivity contribution in [1.82, 2.24) is 18.7 Å². The van der Waals surface area contributed by atoms with Gasteiger partial charge < -0.3 is 4.74 Å². The summed E-state index contributed by atoms with van der Waals surface area (Å²) in [6, 6.07) is 13.3. The van der Waals surface area contributed by atoms with Gasteiger partial charge in [0.15, 0.2) is 0 Å². The number of hydrogen-bond acceptors (Lipinski definition) is 5. The van der Waals surface area contributed by atoms with Crippen molar-refractivity contribution in [2.24, 2.45) is 14.1 Å². The fourth-order valence-corrected chi connectivity index (χ4v) is 4.04. The molecule has 0 saturated heterocycles. The molecule has 3 aromatic heterocycles. The highest BCUT2D eigenvalue weighted by Gasteiger charge is 2.31. The van der Waals surface area contributed by atoms with Crippen LogP contribution >= 0.6 is 0 Å². The van der Waals surface area contributed by atoms with Crippen molar-refractivity contribution in [3.8, 4) is 11.4 Å². The molecule has 8 nitrogen and oxygen atoms in total. The number of ether oxygens (including phenoxy) is 1. The third-order valence-corrected chi connectivity index (χ3v) is 5.55. The van der Waals surface area contributed by atoms with Crippen molar-refractivity contribution >= 4 is 32.8 Å². The van der Waals surface area contributed by atoms with Crippen LogP contribution in [0.1, 0.15) is 0 Å². The summed E-state index contributed by atoms with van der Waals surface area (Å²) in [7, 11) is 2.76. The van der Waals surface area contributed by atoms with Crippen LogP contribution in [0.25, 0.3) is 38.5 Å². The average Bonchev–Trinajstić information content (AvgIpc) is 2.80. The van der Waals surface area contributed by atoms with E-state index in [0.717, 1.165) is 16.7 Å². The molecular weight excluding hydrogens is 453 g/mol. The molecular formula is C23H15F3N4O4. The zero-order chi connectivity index (χ0) is 24.4. The van der Waals surface area contributed by atoms with E-state index in [1.54, 1.807) is 30.3 Å². The van der Waals surface area contributed by atoms with E-state index in [1.807, 2.05) is 0 Å². The predicted octanol–water partition coefficient (Wildman–Crippen LogP) is 2.99. The highest BCUT2D eigenvalue weighted by molar-refractivity contribution is 6.06. The maximum atomic E-state index is 13.6. The second kappa shape index (κ2) is 7.30. The molecule has 0 aliphatic heterocycles. The van der Waals surface area contributed by atoms with E-state index in [-0.39, 0.29) is 32.8 Å². The Labute approximate surface area is 187 Å². The van der Waals surface area contributed by atoms with Gasteiger partial charge in [0.2, 0.25) is 0 Å². The molecule has 0 saturated carbocycles. The van der Waals surface area contributed by atoms with E-state index < -0.39 is 28.9 Å². The topological polar surface area (TPSA) is 88.1 Å². The quantitative estimate of drug-likeness (QED) is 0.294. The molecule has 0 radical (unpaired) electrons. The number of pyridine rings is 2. The summed E-state index contributed by atoms with van der Waals surface area (Å²) < 4.78 is 45.3. The van der Waals surface area contributed by atoms with Crippen molar-refractivity contribution in [2.45, 2.75) is 6.36 Å². The molecule has 0 spiro atoms. The summed E-state index contributed by atoms with van der Waals surface area (Å²) >= 11 is 0. The van der Waals surface area contributed by atoms with Crippen LogP contribution in [-0.2, 0) is 14.1 Å². The maximum absolute atomic E-state index is 13.6. The third-order valence-electron chi connectivity index (χ3n) is 5.55. The van der Waals surface area contributed by atoms with E-state index in [9.17, 15) is 27.6 Å². The normalized spacial score (nSPS) is 12.0. The molecule has 34 heavy (non-hydrogen) atoms. The number of fused-ring (bicyclic) bond motifs is 4. The zero-order valence-electron chi connectivity index (χ0n) is 17.8. The van der Waals surface area contributed by atoms with Crippen LogP contribution in [0.4, 0.5) is 13.2 Å². The van der Waals surface area contributed by atoms with Crippen molar-refractivity contribution < 1.29 is 17.9 Å². The van der Waals surface area contributed by atoms with Crippen molar-refractivity contribution in [3.63, 3.8) is 0 Å². The smallest absolute Gasteiger partial charge is 0.406 e. The van der Waals surface area contributed by atoms with E-state index in [4.69, 9.17) is 0 Å². The van der Waals surface area contributed by atoms with Crippen molar-refractivity contribution in [2.75, 3.05) is 0 Å². The summed E-state index contributed by atoms with van der Waals surface area (Å²) in [5.74, 6) is -0.469. The molecule has 0 amide bonds. The lowest BCUT2D eigenvalue weighted by molar-refractivity contribution is -0.274. The van der Waals surface area contributed by atoms with E-state index in [0.29, 0.717) is 5.69 Å². The number of rotatable bonds is 2. The van der Waals surface area contributed by atoms with Gasteiger partial charge in [-0.1, -0.05) is 18.2 Å². The largest absolute Gasteiger partial charge is 0.573 e. The molecule has 0 fully saturated rings. The van der Waals surface area contributed by atoms with Crippen LogP contribution < -0.4 is 21.5 Å². The van der Waals surface area contributed by atoms with Gasteiger partial charge in [0, 0.05) is 19.5 Å². The monoisotopic (exact) mass is 468 g/mol. The van der Waals surface area contributed by atoms with E-state index in [1.165, 1.54) is 35.4 Å². The van der Waals surface area contributed by atoms with Crippen LogP contribution in [0.15, 0.2) is 69.0 Å². The highest BCUT2D eigenvalue weighted by atomic mass is 19.4. The Morgan fingerprint density at radius 3 is 2.26 bits per heavy atom. The molecule has 0 N–H and O–H groups in total. The summed E-state index contributed by atoms with van der Waals surface area (Å²) in [6.07, 6.45) is -4.88. The fraction of sp³-hybridized carbons (Fsp3) is 0.130. The number of aromatic nitrogens is 4. The SMILES string of the molecule is Cn1c(=O)c2c3nc4ccc(OC(F)(F)F)cc4cc3c(=O)n(-c3ccccc3)c2n(C)c1=O. The number of alkyl halides is 3. The molecule has 5 aromatic rings. The van der Waals surface area contributed by atoms with Gasteiger partial charge in [-0.25, -0.2) is 9.78 Å². The first-order valence-corrected chi connectivity index (χ1v) is 9.97. The summed E-state index contributed by atoms with van der Waals surface area (Å²) in [4.78, 5) is 44.0. The summed E-state index contributed by atoms with van der Waals surface area (Å²) in [5.41, 5.74) is -1.13. The average molecular weight is 468 g/mol. The van der Waals surface area contributed by atoms with Crippen LogP contribution in [-0.4, -0.2) is 25.0 Å². The lowest BCUT2D eigenvalue weighted by atomic mass is 10.1. The van der Waals surface area contributed by atoms with Gasteiger partial charge in [0.25, 0.3) is 11.1 Å². The van der Waals surface area contributed by atoms with Gasteiger partial charge in [-0.15, -0.1) is 13.2 Å². The molecule has 172 valence electrons. The Kier molecular flexibility index (Phi) is 4.60. The van der Waals surface area contributed by atoms with Crippen LogP contribution in [0.5, 0.6) is 5.75 Å². The first kappa shape index (κ1) is 21.4. The van der Waals surface area contributed by atoms with Gasteiger partial charge in [-0.05, 0) is 36.4 Å². The van der Waals surface area contributed by atoms with E-state index in [2.05, 4.69) is 9.72 Å². The maximum Gasteiger partial charge on any atom is 0.573 e. The second-order valence-electron chi connectivity index (χ2n) is 7.67. The molecule has 0 bridgehead atoms. The second-order valence-corrected chi connectivity index (χ2v) is 7.67. The molecule has 11 heteroatoms. The number of hydrogen-bond donors (Lipinski definition) is 0. The zero-order valence-corrected chi connectivity index (χ0v) is 17.8. The molecule has 5 rings (SSSR count). The number of aryl methyl sites for hydroxylation is 1. The van der Waals surface area contributed by atoms with Gasteiger partial charge in [0.05, 0.1) is 22.1 Å². The highest BCUT2D eigenvalue weighted by Crippen LogP contribution is 2.29. The number of para-hydroxylation sites is 1. The first-order valence-electron chi connectivity index (χ1n) is 9.97. The molecule has 2 aromatic carbocycles. The lowest BCUT2D eigenvalue weighted by Crippen LogP contribution is -2.39. The minimum atomic E-state index is -4.88. The van der Waals surface area contributed by atoms with Gasteiger partial charge in [0.1, 0.15) is 16.8 Å². The standard InChI is InChI=1S/C23H15F3N4O4/c1-28-19-17(21(32)29(2)22(28)33)18-15(20(31)30(19)13-6-4-3-5-7-13)11-12-10-14(34-23(24,25)26)8-9-16(12)27-18/h3-11H,1-2H3. The molecule has 0 unspecified atom stereocenters. The molecule has 3 heterocycles. The Balaban J connectivity index is 2.00. The van der Waals surface area contributed by atoms with Crippen LogP contribution in [0, 0.1) is 0 Å². The molecule has 0 aliphatic carbocycles. The molecule has 0 aliphatic rings. The lowest BCUT2D eigenvalue weighted by Gasteiger charge is -2.16. The first-order chi connectivity index (χ1) is 16.1. The number of halogens is 3. The Hall–Kier alpha value is -4.41. The number of benzene rings is 2. The Bertz CT molecular complexity index is 1800. The minimum Gasteiger partial charge on any atom is -0.406 e. The minimum absolute atomic E-state index is 0.00348. The summed E-state index contributed by atoms with van der Waals surface area (Å²) in [6.45, 7) is 0. The van der Waals surface area contributed by atoms with Crippen molar-refractivity contribution in [1.29, 1.82) is 0 Å². The summed E-state index contributed by atoms with van der Waals surface area (Å²) in [5, 5.41) is 0.247. The fourth-order valence-electron chi connectivity index (χ4n) is 4.04. The van der Waals surface area contributed by atoms with Gasteiger partial charge >= 0.3 is 12.1 Å². The van der Waals surface area contributed by atoms with E-state index >= 15 is 0 Å². The molecule has 0 atom stereocenters. The predicted molar refractivity (Wildman–Crippen MR) is 120 cm³/mol. The van der Waals surface area contributed by atoms with Crippen LogP contribution in [0.3, 0.4) is 0 Å². The van der Waals surface area contributed by atoms with Crippen molar-refractivity contribution in [3.05, 3.63) is 85.8 Å². The van der Waals surface area contributed by atoms with Gasteiger partial charge in [-0.3, -0.25) is 23.3 Å². The Morgan fingerprint density at radius 2 is 1.59 bits per heavy atom. The Morgan fingerprint density at radius 1 is 0.882 bits per heavy atom. The van der Waals surface area contributed by atoms with Gasteiger partial charge in [-0.2, -0.15) is 0 Å². The third kappa shape index (κ3) is 3.24. The number of nitrogens with zero attached hydrogens (tertiary/aromatic N) is 4. The van der Waals surface area contributed by atoms with Crippen LogP contribution in [0.2, 0.25) is 0 Å².